The summed E-state index contributed by atoms with van der Waals surface area (Å²) in [6.07, 6.45) is 4.94. The first-order valence-corrected chi connectivity index (χ1v) is 8.74. The molecule has 5 heteroatoms. The van der Waals surface area contributed by atoms with E-state index in [1.54, 1.807) is 24.9 Å². The normalized spacial score (nSPS) is 33.9. The van der Waals surface area contributed by atoms with Gasteiger partial charge in [0, 0.05) is 25.6 Å². The van der Waals surface area contributed by atoms with Crippen LogP contribution in [0.2, 0.25) is 0 Å². The lowest BCUT2D eigenvalue weighted by Gasteiger charge is -2.41. The van der Waals surface area contributed by atoms with Gasteiger partial charge in [0.2, 0.25) is 0 Å². The second-order valence-electron chi connectivity index (χ2n) is 8.20. The molecule has 1 spiro atoms. The van der Waals surface area contributed by atoms with E-state index in [0.29, 0.717) is 24.5 Å². The van der Waals surface area contributed by atoms with E-state index in [2.05, 4.69) is 20.8 Å². The van der Waals surface area contributed by atoms with Crippen LogP contribution in [-0.2, 0) is 9.47 Å². The molecule has 2 N–H and O–H groups in total. The zero-order chi connectivity index (χ0) is 17.3. The van der Waals surface area contributed by atoms with E-state index >= 15 is 0 Å². The predicted octanol–water partition coefficient (Wildman–Crippen LogP) is 3.39. The molecule has 1 aliphatic heterocycles. The molecule has 5 nitrogen and oxygen atoms in total. The number of hydrogen-bond donors (Lipinski definition) is 2. The molecule has 1 saturated carbocycles. The Labute approximate surface area is 140 Å². The summed E-state index contributed by atoms with van der Waals surface area (Å²) in [5, 5.41) is 19.3. The lowest BCUT2D eigenvalue weighted by Crippen LogP contribution is -2.41. The van der Waals surface area contributed by atoms with E-state index < -0.39 is 12.0 Å². The van der Waals surface area contributed by atoms with Crippen molar-refractivity contribution in [3.05, 3.63) is 12.0 Å². The van der Waals surface area contributed by atoms with Crippen molar-refractivity contribution in [1.82, 2.24) is 4.90 Å². The van der Waals surface area contributed by atoms with Crippen molar-refractivity contribution in [3.63, 3.8) is 0 Å². The highest BCUT2D eigenvalue weighted by atomic mass is 16.7. The number of rotatable bonds is 4. The molecule has 2 unspecified atom stereocenters. The largest absolute Gasteiger partial charge is 0.511 e. The van der Waals surface area contributed by atoms with Crippen LogP contribution in [0.4, 0.5) is 0 Å². The second kappa shape index (κ2) is 6.99. The number of aliphatic hydroxyl groups excluding tert-OH is 2. The van der Waals surface area contributed by atoms with Gasteiger partial charge in [-0.25, -0.2) is 0 Å². The van der Waals surface area contributed by atoms with Gasteiger partial charge in [-0.15, -0.1) is 0 Å². The molecule has 1 heterocycles. The molecule has 2 fully saturated rings. The van der Waals surface area contributed by atoms with Gasteiger partial charge in [0.15, 0.2) is 5.79 Å². The van der Waals surface area contributed by atoms with E-state index in [1.807, 2.05) is 0 Å². The Bertz CT molecular complexity index is 415. The Morgan fingerprint density at radius 1 is 1.35 bits per heavy atom. The van der Waals surface area contributed by atoms with Crippen molar-refractivity contribution in [2.75, 3.05) is 13.2 Å². The highest BCUT2D eigenvalue weighted by molar-refractivity contribution is 4.92. The molecule has 0 radical (unpaired) electrons. The first kappa shape index (κ1) is 18.6. The average Bonchev–Trinajstić information content (AvgIpc) is 2.79. The standard InChI is InChI=1S/C18H33NO4/c1-13(20)10-19(14(2)21)11-16-12-22-18(23-16)8-6-15(7-9-18)17(3,4)5/h10,14-16,20-21H,6-9,11-12H2,1-5H3/b13-10-. The van der Waals surface area contributed by atoms with E-state index in [-0.39, 0.29) is 11.9 Å². The van der Waals surface area contributed by atoms with E-state index in [9.17, 15) is 10.2 Å². The highest BCUT2D eigenvalue weighted by Gasteiger charge is 2.46. The van der Waals surface area contributed by atoms with Crippen LogP contribution in [-0.4, -0.2) is 46.4 Å². The minimum Gasteiger partial charge on any atom is -0.511 e. The number of allylic oxidation sites excluding steroid dienone is 1. The van der Waals surface area contributed by atoms with Gasteiger partial charge in [-0.05, 0) is 38.0 Å². The maximum Gasteiger partial charge on any atom is 0.169 e. The fraction of sp³-hybridized carbons (Fsp3) is 0.889. The molecular weight excluding hydrogens is 294 g/mol. The molecule has 0 amide bonds. The van der Waals surface area contributed by atoms with Crippen molar-refractivity contribution >= 4 is 0 Å². The Morgan fingerprint density at radius 3 is 2.43 bits per heavy atom. The maximum absolute atomic E-state index is 9.82. The average molecular weight is 327 g/mol. The number of hydrogen-bond acceptors (Lipinski definition) is 5. The number of aliphatic hydroxyl groups is 2. The first-order chi connectivity index (χ1) is 10.6. The summed E-state index contributed by atoms with van der Waals surface area (Å²) in [5.41, 5.74) is 0.339. The molecule has 2 rings (SSSR count). The van der Waals surface area contributed by atoms with Gasteiger partial charge in [-0.2, -0.15) is 0 Å². The van der Waals surface area contributed by atoms with Gasteiger partial charge in [0.1, 0.15) is 18.1 Å². The summed E-state index contributed by atoms with van der Waals surface area (Å²) in [6.45, 7) is 11.2. The minimum absolute atomic E-state index is 0.0774. The zero-order valence-corrected chi connectivity index (χ0v) is 15.2. The Kier molecular flexibility index (Phi) is 5.64. The number of nitrogens with zero attached hydrogens (tertiary/aromatic N) is 1. The molecule has 0 aromatic rings. The van der Waals surface area contributed by atoms with Crippen LogP contribution in [0.1, 0.15) is 60.3 Å². The van der Waals surface area contributed by atoms with Gasteiger partial charge in [0.25, 0.3) is 0 Å². The summed E-state index contributed by atoms with van der Waals surface area (Å²) in [5.74, 6) is 0.452. The molecule has 0 bridgehead atoms. The fourth-order valence-corrected chi connectivity index (χ4v) is 3.68. The van der Waals surface area contributed by atoms with E-state index in [1.165, 1.54) is 0 Å². The third-order valence-electron chi connectivity index (χ3n) is 5.13. The third kappa shape index (κ3) is 4.85. The molecule has 2 atom stereocenters. The Hall–Kier alpha value is -0.780. The van der Waals surface area contributed by atoms with Crippen molar-refractivity contribution in [1.29, 1.82) is 0 Å². The van der Waals surface area contributed by atoms with Crippen LogP contribution in [0.15, 0.2) is 12.0 Å². The molecule has 0 aromatic carbocycles. The summed E-state index contributed by atoms with van der Waals surface area (Å²) < 4.78 is 12.3. The van der Waals surface area contributed by atoms with Crippen molar-refractivity contribution in [2.24, 2.45) is 11.3 Å². The van der Waals surface area contributed by atoms with Crippen molar-refractivity contribution < 1.29 is 19.7 Å². The topological polar surface area (TPSA) is 62.2 Å². The van der Waals surface area contributed by atoms with Crippen LogP contribution >= 0.6 is 0 Å². The minimum atomic E-state index is -0.672. The smallest absolute Gasteiger partial charge is 0.169 e. The summed E-state index contributed by atoms with van der Waals surface area (Å²) in [7, 11) is 0. The zero-order valence-electron chi connectivity index (χ0n) is 15.2. The predicted molar refractivity (Wildman–Crippen MR) is 89.7 cm³/mol. The Morgan fingerprint density at radius 2 is 1.96 bits per heavy atom. The van der Waals surface area contributed by atoms with Crippen LogP contribution < -0.4 is 0 Å². The SMILES string of the molecule is C/C(O)=C/N(CC1COC2(CCC(C(C)(C)C)CC2)O1)C(C)O. The van der Waals surface area contributed by atoms with E-state index in [0.717, 1.165) is 25.7 Å². The van der Waals surface area contributed by atoms with Gasteiger partial charge in [0.05, 0.1) is 6.61 Å². The third-order valence-corrected chi connectivity index (χ3v) is 5.13. The van der Waals surface area contributed by atoms with E-state index in [4.69, 9.17) is 9.47 Å². The fourth-order valence-electron chi connectivity index (χ4n) is 3.68. The van der Waals surface area contributed by atoms with Crippen LogP contribution in [0.5, 0.6) is 0 Å². The molecular formula is C18H33NO4. The molecule has 1 aliphatic carbocycles. The number of ether oxygens (including phenoxy) is 2. The summed E-state index contributed by atoms with van der Waals surface area (Å²) in [4.78, 5) is 1.68. The summed E-state index contributed by atoms with van der Waals surface area (Å²) >= 11 is 0. The van der Waals surface area contributed by atoms with Crippen LogP contribution in [0.3, 0.4) is 0 Å². The monoisotopic (exact) mass is 327 g/mol. The molecule has 2 aliphatic rings. The molecule has 134 valence electrons. The van der Waals surface area contributed by atoms with Gasteiger partial charge in [-0.1, -0.05) is 20.8 Å². The molecule has 0 aromatic heterocycles. The lowest BCUT2D eigenvalue weighted by atomic mass is 9.71. The maximum atomic E-state index is 9.82. The van der Waals surface area contributed by atoms with Crippen molar-refractivity contribution in [2.45, 2.75) is 78.4 Å². The van der Waals surface area contributed by atoms with Gasteiger partial charge >= 0.3 is 0 Å². The Balaban J connectivity index is 1.90. The van der Waals surface area contributed by atoms with Crippen LogP contribution in [0.25, 0.3) is 0 Å². The quantitative estimate of drug-likeness (QED) is 0.612. The summed E-state index contributed by atoms with van der Waals surface area (Å²) in [6, 6.07) is 0. The molecule has 23 heavy (non-hydrogen) atoms. The highest BCUT2D eigenvalue weighted by Crippen LogP contribution is 2.45. The lowest BCUT2D eigenvalue weighted by molar-refractivity contribution is -0.198. The second-order valence-corrected chi connectivity index (χ2v) is 8.20. The first-order valence-electron chi connectivity index (χ1n) is 8.74. The van der Waals surface area contributed by atoms with Gasteiger partial charge < -0.3 is 24.6 Å². The van der Waals surface area contributed by atoms with Gasteiger partial charge in [-0.3, -0.25) is 0 Å². The van der Waals surface area contributed by atoms with Crippen molar-refractivity contribution in [3.8, 4) is 0 Å². The molecule has 1 saturated heterocycles. The van der Waals surface area contributed by atoms with Crippen LogP contribution in [0, 0.1) is 11.3 Å².